The summed E-state index contributed by atoms with van der Waals surface area (Å²) in [5.74, 6) is 1.15. The van der Waals surface area contributed by atoms with Crippen LogP contribution in [0.3, 0.4) is 0 Å². The van der Waals surface area contributed by atoms with E-state index in [-0.39, 0.29) is 18.6 Å². The Bertz CT molecular complexity index is 924. The zero-order valence-corrected chi connectivity index (χ0v) is 15.2. The Morgan fingerprint density at radius 3 is 2.65 bits per heavy atom. The molecule has 1 heterocycles. The summed E-state index contributed by atoms with van der Waals surface area (Å²) in [5.41, 5.74) is 2.59. The smallest absolute Gasteiger partial charge is 0.258 e. The van der Waals surface area contributed by atoms with Gasteiger partial charge in [0, 0.05) is 16.6 Å². The van der Waals surface area contributed by atoms with Gasteiger partial charge < -0.3 is 14.8 Å². The topological polar surface area (TPSA) is 60.5 Å². The maximum absolute atomic E-state index is 12.3. The Labute approximate surface area is 153 Å². The summed E-state index contributed by atoms with van der Waals surface area (Å²) >= 11 is 0. The molecule has 26 heavy (non-hydrogen) atoms. The fourth-order valence-electron chi connectivity index (χ4n) is 2.86. The lowest BCUT2D eigenvalue weighted by Crippen LogP contribution is -2.31. The minimum atomic E-state index is -0.201. The molecule has 2 aromatic carbocycles. The Morgan fingerprint density at radius 1 is 1.08 bits per heavy atom. The van der Waals surface area contributed by atoms with Gasteiger partial charge in [0.1, 0.15) is 17.0 Å². The van der Waals surface area contributed by atoms with Crippen LogP contribution in [0.4, 0.5) is 0 Å². The third-order valence-electron chi connectivity index (χ3n) is 4.16. The molecule has 0 aliphatic carbocycles. The first-order chi connectivity index (χ1) is 12.6. The predicted molar refractivity (Wildman–Crippen MR) is 102 cm³/mol. The SMILES string of the molecule is COc1ccccc1C(C)NC(=O)COc1cccc2ccc(C)nc12. The molecule has 1 amide bonds. The number of aryl methyl sites for hydroxylation is 1. The number of pyridine rings is 1. The molecule has 0 fully saturated rings. The highest BCUT2D eigenvalue weighted by Crippen LogP contribution is 2.25. The van der Waals surface area contributed by atoms with Crippen LogP contribution in [0.1, 0.15) is 24.2 Å². The van der Waals surface area contributed by atoms with E-state index in [2.05, 4.69) is 10.3 Å². The lowest BCUT2D eigenvalue weighted by Gasteiger charge is -2.17. The number of hydrogen-bond donors (Lipinski definition) is 1. The normalized spacial score (nSPS) is 11.8. The first-order valence-electron chi connectivity index (χ1n) is 8.50. The Balaban J connectivity index is 1.67. The van der Waals surface area contributed by atoms with E-state index in [1.165, 1.54) is 0 Å². The number of rotatable bonds is 6. The number of fused-ring (bicyclic) bond motifs is 1. The Morgan fingerprint density at radius 2 is 1.85 bits per heavy atom. The average molecular weight is 350 g/mol. The minimum Gasteiger partial charge on any atom is -0.496 e. The highest BCUT2D eigenvalue weighted by atomic mass is 16.5. The molecule has 1 unspecified atom stereocenters. The molecule has 5 heteroatoms. The van der Waals surface area contributed by atoms with E-state index in [4.69, 9.17) is 9.47 Å². The van der Waals surface area contributed by atoms with Crippen molar-refractivity contribution in [1.29, 1.82) is 0 Å². The summed E-state index contributed by atoms with van der Waals surface area (Å²) in [4.78, 5) is 16.8. The quantitative estimate of drug-likeness (QED) is 0.734. The molecule has 3 rings (SSSR count). The van der Waals surface area contributed by atoms with Gasteiger partial charge >= 0.3 is 0 Å². The van der Waals surface area contributed by atoms with Crippen molar-refractivity contribution >= 4 is 16.8 Å². The van der Waals surface area contributed by atoms with Crippen LogP contribution in [-0.2, 0) is 4.79 Å². The molecule has 0 radical (unpaired) electrons. The number of para-hydroxylation sites is 2. The molecule has 0 spiro atoms. The number of aromatic nitrogens is 1. The Hall–Kier alpha value is -3.08. The zero-order valence-electron chi connectivity index (χ0n) is 15.2. The molecule has 5 nitrogen and oxygen atoms in total. The van der Waals surface area contributed by atoms with Gasteiger partial charge in [-0.25, -0.2) is 4.98 Å². The molecule has 0 bridgehead atoms. The number of nitrogens with zero attached hydrogens (tertiary/aromatic N) is 1. The van der Waals surface area contributed by atoms with E-state index in [9.17, 15) is 4.79 Å². The van der Waals surface area contributed by atoms with Crippen LogP contribution in [0, 0.1) is 6.92 Å². The predicted octanol–water partition coefficient (Wildman–Crippen LogP) is 3.81. The van der Waals surface area contributed by atoms with Gasteiger partial charge in [-0.2, -0.15) is 0 Å². The van der Waals surface area contributed by atoms with Gasteiger partial charge in [0.25, 0.3) is 5.91 Å². The third kappa shape index (κ3) is 3.94. The van der Waals surface area contributed by atoms with Gasteiger partial charge in [-0.05, 0) is 32.0 Å². The van der Waals surface area contributed by atoms with Crippen molar-refractivity contribution in [3.8, 4) is 11.5 Å². The van der Waals surface area contributed by atoms with Gasteiger partial charge in [-0.3, -0.25) is 4.79 Å². The molecular formula is C21H22N2O3. The first kappa shape index (κ1) is 17.7. The van der Waals surface area contributed by atoms with Crippen molar-refractivity contribution in [3.63, 3.8) is 0 Å². The maximum atomic E-state index is 12.3. The van der Waals surface area contributed by atoms with E-state index in [1.54, 1.807) is 7.11 Å². The van der Waals surface area contributed by atoms with Crippen molar-refractivity contribution in [1.82, 2.24) is 10.3 Å². The monoisotopic (exact) mass is 350 g/mol. The second kappa shape index (κ2) is 7.87. The van der Waals surface area contributed by atoms with Gasteiger partial charge in [0.05, 0.1) is 13.2 Å². The van der Waals surface area contributed by atoms with Gasteiger partial charge in [0.15, 0.2) is 6.61 Å². The zero-order chi connectivity index (χ0) is 18.5. The van der Waals surface area contributed by atoms with Gasteiger partial charge in [-0.15, -0.1) is 0 Å². The number of methoxy groups -OCH3 is 1. The minimum absolute atomic E-state index is 0.0752. The molecule has 1 atom stereocenters. The number of ether oxygens (including phenoxy) is 2. The molecule has 0 aliphatic rings. The molecule has 1 N–H and O–H groups in total. The summed E-state index contributed by atoms with van der Waals surface area (Å²) in [6.07, 6.45) is 0. The van der Waals surface area contributed by atoms with E-state index >= 15 is 0 Å². The number of benzene rings is 2. The van der Waals surface area contributed by atoms with Crippen LogP contribution >= 0.6 is 0 Å². The van der Waals surface area contributed by atoms with Crippen molar-refractivity contribution in [2.45, 2.75) is 19.9 Å². The highest BCUT2D eigenvalue weighted by molar-refractivity contribution is 5.85. The summed E-state index contributed by atoms with van der Waals surface area (Å²) < 4.78 is 11.1. The number of carbonyl (C=O) groups excluding carboxylic acids is 1. The average Bonchev–Trinajstić information content (AvgIpc) is 2.66. The van der Waals surface area contributed by atoms with Gasteiger partial charge in [0.2, 0.25) is 0 Å². The van der Waals surface area contributed by atoms with Crippen molar-refractivity contribution in [2.75, 3.05) is 13.7 Å². The summed E-state index contributed by atoms with van der Waals surface area (Å²) in [6.45, 7) is 3.77. The molecule has 3 aromatic rings. The standard InChI is InChI=1S/C21H22N2O3/c1-14-11-12-16-7-6-10-19(21(16)22-14)26-13-20(24)23-15(2)17-8-4-5-9-18(17)25-3/h4-12,15H,13H2,1-3H3,(H,23,24). The second-order valence-electron chi connectivity index (χ2n) is 6.10. The van der Waals surface area contributed by atoms with E-state index in [0.717, 1.165) is 27.9 Å². The molecule has 0 aliphatic heterocycles. The number of hydrogen-bond acceptors (Lipinski definition) is 4. The third-order valence-corrected chi connectivity index (χ3v) is 4.16. The van der Waals surface area contributed by atoms with Crippen molar-refractivity contribution < 1.29 is 14.3 Å². The van der Waals surface area contributed by atoms with Crippen LogP contribution in [0.2, 0.25) is 0 Å². The van der Waals surface area contributed by atoms with Gasteiger partial charge in [-0.1, -0.05) is 36.4 Å². The van der Waals surface area contributed by atoms with E-state index < -0.39 is 0 Å². The van der Waals surface area contributed by atoms with Crippen LogP contribution < -0.4 is 14.8 Å². The Kier molecular flexibility index (Phi) is 5.37. The molecule has 134 valence electrons. The molecule has 1 aromatic heterocycles. The maximum Gasteiger partial charge on any atom is 0.258 e. The first-order valence-corrected chi connectivity index (χ1v) is 8.50. The van der Waals surface area contributed by atoms with Crippen molar-refractivity contribution in [2.24, 2.45) is 0 Å². The molecule has 0 saturated heterocycles. The van der Waals surface area contributed by atoms with Crippen LogP contribution in [0.25, 0.3) is 10.9 Å². The lowest BCUT2D eigenvalue weighted by molar-refractivity contribution is -0.123. The number of nitrogens with one attached hydrogen (secondary N) is 1. The van der Waals surface area contributed by atoms with E-state index in [1.807, 2.05) is 68.4 Å². The summed E-state index contributed by atoms with van der Waals surface area (Å²) in [6, 6.07) is 17.1. The van der Waals surface area contributed by atoms with Crippen molar-refractivity contribution in [3.05, 3.63) is 65.9 Å². The second-order valence-corrected chi connectivity index (χ2v) is 6.10. The number of carbonyl (C=O) groups is 1. The van der Waals surface area contributed by atoms with Crippen LogP contribution in [0.5, 0.6) is 11.5 Å². The summed E-state index contributed by atoms with van der Waals surface area (Å²) in [5, 5.41) is 3.92. The van der Waals surface area contributed by atoms with Crippen LogP contribution in [-0.4, -0.2) is 24.6 Å². The number of amides is 1. The highest BCUT2D eigenvalue weighted by Gasteiger charge is 2.14. The largest absolute Gasteiger partial charge is 0.496 e. The fraction of sp³-hybridized carbons (Fsp3) is 0.238. The molecule has 0 saturated carbocycles. The molecular weight excluding hydrogens is 328 g/mol. The fourth-order valence-corrected chi connectivity index (χ4v) is 2.86. The van der Waals surface area contributed by atoms with E-state index in [0.29, 0.717) is 5.75 Å². The van der Waals surface area contributed by atoms with Crippen LogP contribution in [0.15, 0.2) is 54.6 Å². The summed E-state index contributed by atoms with van der Waals surface area (Å²) in [7, 11) is 1.62. The lowest BCUT2D eigenvalue weighted by atomic mass is 10.1.